The molecule has 20 heavy (non-hydrogen) atoms. The smallest absolute Gasteiger partial charge is 0.358 e. The van der Waals surface area contributed by atoms with Crippen molar-refractivity contribution in [3.63, 3.8) is 0 Å². The van der Waals surface area contributed by atoms with Gasteiger partial charge in [0, 0.05) is 17.0 Å². The van der Waals surface area contributed by atoms with Gasteiger partial charge in [-0.05, 0) is 25.9 Å². The normalized spacial score (nSPS) is 16.4. The maximum atomic E-state index is 11.3. The molecule has 106 valence electrons. The highest BCUT2D eigenvalue weighted by Gasteiger charge is 2.27. The van der Waals surface area contributed by atoms with Crippen LogP contribution in [0.3, 0.4) is 0 Å². The number of aromatic carboxylic acids is 1. The SMILES string of the molecule is O=C(O)c1nnn(Cc2cncs2)c1C1CCNCC1. The van der Waals surface area contributed by atoms with E-state index in [0.717, 1.165) is 36.5 Å². The summed E-state index contributed by atoms with van der Waals surface area (Å²) < 4.78 is 1.72. The van der Waals surface area contributed by atoms with Gasteiger partial charge in [-0.15, -0.1) is 16.4 Å². The first kappa shape index (κ1) is 13.2. The predicted molar refractivity (Wildman–Crippen MR) is 73.0 cm³/mol. The Morgan fingerprint density at radius 2 is 2.30 bits per heavy atom. The second kappa shape index (κ2) is 5.68. The molecule has 0 bridgehead atoms. The number of carboxylic acid groups (broad SMARTS) is 1. The Morgan fingerprint density at radius 1 is 1.50 bits per heavy atom. The van der Waals surface area contributed by atoms with Crippen LogP contribution >= 0.6 is 11.3 Å². The number of thiazole rings is 1. The van der Waals surface area contributed by atoms with Crippen LogP contribution in [-0.2, 0) is 6.54 Å². The maximum absolute atomic E-state index is 11.3. The summed E-state index contributed by atoms with van der Waals surface area (Å²) in [6, 6.07) is 0. The predicted octanol–water partition coefficient (Wildman–Crippen LogP) is 0.948. The molecule has 0 saturated carbocycles. The lowest BCUT2D eigenvalue weighted by molar-refractivity contribution is 0.0688. The first-order valence-electron chi connectivity index (χ1n) is 6.50. The molecule has 0 aliphatic carbocycles. The molecule has 3 heterocycles. The van der Waals surface area contributed by atoms with E-state index in [1.807, 2.05) is 0 Å². The molecule has 0 aromatic carbocycles. The Bertz CT molecular complexity index is 589. The Labute approximate surface area is 119 Å². The van der Waals surface area contributed by atoms with Gasteiger partial charge in [0.2, 0.25) is 0 Å². The minimum Gasteiger partial charge on any atom is -0.476 e. The van der Waals surface area contributed by atoms with Gasteiger partial charge in [-0.25, -0.2) is 9.48 Å². The van der Waals surface area contributed by atoms with Crippen molar-refractivity contribution in [3.8, 4) is 0 Å². The van der Waals surface area contributed by atoms with E-state index in [-0.39, 0.29) is 11.6 Å². The van der Waals surface area contributed by atoms with Crippen LogP contribution in [0.25, 0.3) is 0 Å². The van der Waals surface area contributed by atoms with Gasteiger partial charge in [0.25, 0.3) is 0 Å². The van der Waals surface area contributed by atoms with Crippen molar-refractivity contribution in [1.82, 2.24) is 25.3 Å². The first-order chi connectivity index (χ1) is 9.75. The first-order valence-corrected chi connectivity index (χ1v) is 7.38. The molecule has 1 aliphatic rings. The second-order valence-corrected chi connectivity index (χ2v) is 5.75. The van der Waals surface area contributed by atoms with Crippen molar-refractivity contribution in [1.29, 1.82) is 0 Å². The Morgan fingerprint density at radius 3 is 2.95 bits per heavy atom. The van der Waals surface area contributed by atoms with Crippen molar-refractivity contribution in [2.75, 3.05) is 13.1 Å². The summed E-state index contributed by atoms with van der Waals surface area (Å²) in [5, 5.41) is 20.5. The Balaban J connectivity index is 1.94. The molecular formula is C12H15N5O2S. The van der Waals surface area contributed by atoms with E-state index in [9.17, 15) is 9.90 Å². The molecule has 0 atom stereocenters. The lowest BCUT2D eigenvalue weighted by Gasteiger charge is -2.23. The van der Waals surface area contributed by atoms with E-state index in [1.54, 1.807) is 16.4 Å². The topological polar surface area (TPSA) is 92.9 Å². The van der Waals surface area contributed by atoms with Crippen LogP contribution in [0.4, 0.5) is 0 Å². The van der Waals surface area contributed by atoms with Crippen LogP contribution in [0, 0.1) is 0 Å². The van der Waals surface area contributed by atoms with Crippen LogP contribution in [0.2, 0.25) is 0 Å². The third-order valence-electron chi connectivity index (χ3n) is 3.49. The minimum atomic E-state index is -1.01. The fourth-order valence-electron chi connectivity index (χ4n) is 2.56. The van der Waals surface area contributed by atoms with E-state index in [1.165, 1.54) is 11.3 Å². The number of aromatic nitrogens is 4. The summed E-state index contributed by atoms with van der Waals surface area (Å²) in [5.41, 5.74) is 2.59. The van der Waals surface area contributed by atoms with E-state index in [2.05, 4.69) is 20.6 Å². The quantitative estimate of drug-likeness (QED) is 0.871. The molecule has 1 saturated heterocycles. The second-order valence-electron chi connectivity index (χ2n) is 4.78. The van der Waals surface area contributed by atoms with Crippen LogP contribution in [0.15, 0.2) is 11.7 Å². The number of hydrogen-bond acceptors (Lipinski definition) is 6. The fraction of sp³-hybridized carbons (Fsp3) is 0.500. The van der Waals surface area contributed by atoms with Gasteiger partial charge in [-0.3, -0.25) is 4.98 Å². The van der Waals surface area contributed by atoms with Crippen LogP contribution < -0.4 is 5.32 Å². The van der Waals surface area contributed by atoms with Crippen LogP contribution in [0.5, 0.6) is 0 Å². The minimum absolute atomic E-state index is 0.0846. The molecular weight excluding hydrogens is 278 g/mol. The fourth-order valence-corrected chi connectivity index (χ4v) is 3.13. The summed E-state index contributed by atoms with van der Waals surface area (Å²) in [7, 11) is 0. The summed E-state index contributed by atoms with van der Waals surface area (Å²) in [6.45, 7) is 2.33. The molecule has 3 rings (SSSR count). The largest absolute Gasteiger partial charge is 0.476 e. The van der Waals surface area contributed by atoms with E-state index >= 15 is 0 Å². The van der Waals surface area contributed by atoms with E-state index in [0.29, 0.717) is 6.54 Å². The zero-order valence-electron chi connectivity index (χ0n) is 10.8. The van der Waals surface area contributed by atoms with Crippen LogP contribution in [-0.4, -0.2) is 44.1 Å². The molecule has 0 spiro atoms. The number of nitrogens with zero attached hydrogens (tertiary/aromatic N) is 4. The highest BCUT2D eigenvalue weighted by Crippen LogP contribution is 2.28. The zero-order valence-corrected chi connectivity index (χ0v) is 11.6. The Kier molecular flexibility index (Phi) is 3.75. The van der Waals surface area contributed by atoms with Gasteiger partial charge in [-0.2, -0.15) is 0 Å². The number of rotatable bonds is 4. The van der Waals surface area contributed by atoms with Crippen molar-refractivity contribution < 1.29 is 9.90 Å². The number of hydrogen-bond donors (Lipinski definition) is 2. The summed E-state index contributed by atoms with van der Waals surface area (Å²) >= 11 is 1.53. The average Bonchev–Trinajstić information content (AvgIpc) is 3.09. The third-order valence-corrected chi connectivity index (χ3v) is 4.26. The van der Waals surface area contributed by atoms with E-state index < -0.39 is 5.97 Å². The van der Waals surface area contributed by atoms with Crippen molar-refractivity contribution >= 4 is 17.3 Å². The van der Waals surface area contributed by atoms with Crippen molar-refractivity contribution in [3.05, 3.63) is 28.0 Å². The lowest BCUT2D eigenvalue weighted by atomic mass is 9.93. The molecule has 2 N–H and O–H groups in total. The maximum Gasteiger partial charge on any atom is 0.358 e. The number of carboxylic acids is 1. The number of nitrogens with one attached hydrogen (secondary N) is 1. The van der Waals surface area contributed by atoms with Gasteiger partial charge in [0.05, 0.1) is 17.7 Å². The summed E-state index contributed by atoms with van der Waals surface area (Å²) in [5.74, 6) is -0.806. The van der Waals surface area contributed by atoms with E-state index in [4.69, 9.17) is 0 Å². The monoisotopic (exact) mass is 293 g/mol. The highest BCUT2D eigenvalue weighted by molar-refractivity contribution is 7.09. The van der Waals surface area contributed by atoms with Gasteiger partial charge in [0.1, 0.15) is 0 Å². The molecule has 8 heteroatoms. The highest BCUT2D eigenvalue weighted by atomic mass is 32.1. The lowest BCUT2D eigenvalue weighted by Crippen LogP contribution is -2.28. The molecule has 1 fully saturated rings. The molecule has 0 radical (unpaired) electrons. The van der Waals surface area contributed by atoms with Crippen LogP contribution in [0.1, 0.15) is 39.8 Å². The molecule has 0 unspecified atom stereocenters. The van der Waals surface area contributed by atoms with Gasteiger partial charge >= 0.3 is 5.97 Å². The standard InChI is InChI=1S/C12H15N5O2S/c18-12(19)10-11(8-1-3-13-4-2-8)17(16-15-10)6-9-5-14-7-20-9/h5,7-8,13H,1-4,6H2,(H,18,19). The average molecular weight is 293 g/mol. The number of carbonyl (C=O) groups is 1. The number of piperidine rings is 1. The Hall–Kier alpha value is -1.80. The van der Waals surface area contributed by atoms with Gasteiger partial charge < -0.3 is 10.4 Å². The van der Waals surface area contributed by atoms with Crippen molar-refractivity contribution in [2.45, 2.75) is 25.3 Å². The van der Waals surface area contributed by atoms with Gasteiger partial charge in [-0.1, -0.05) is 5.21 Å². The van der Waals surface area contributed by atoms with Gasteiger partial charge in [0.15, 0.2) is 5.69 Å². The molecule has 7 nitrogen and oxygen atoms in total. The zero-order chi connectivity index (χ0) is 13.9. The summed E-state index contributed by atoms with van der Waals surface area (Å²) in [4.78, 5) is 16.4. The molecule has 2 aromatic rings. The molecule has 1 aliphatic heterocycles. The summed E-state index contributed by atoms with van der Waals surface area (Å²) in [6.07, 6.45) is 3.60. The molecule has 0 amide bonds. The molecule has 2 aromatic heterocycles. The third kappa shape index (κ3) is 2.56. The van der Waals surface area contributed by atoms with Crippen molar-refractivity contribution in [2.24, 2.45) is 0 Å².